The first kappa shape index (κ1) is 23.3. The van der Waals surface area contributed by atoms with Gasteiger partial charge in [-0.05, 0) is 52.2 Å². The van der Waals surface area contributed by atoms with Gasteiger partial charge in [-0.2, -0.15) is 0 Å². The van der Waals surface area contributed by atoms with E-state index in [0.29, 0.717) is 17.7 Å². The highest BCUT2D eigenvalue weighted by Gasteiger charge is 2.36. The lowest BCUT2D eigenvalue weighted by atomic mass is 9.85. The van der Waals surface area contributed by atoms with E-state index in [2.05, 4.69) is 0 Å². The molecule has 2 aromatic carbocycles. The van der Waals surface area contributed by atoms with Gasteiger partial charge in [0.05, 0.1) is 13.0 Å². The Hall–Kier alpha value is -3.41. The number of methoxy groups -OCH3 is 1. The molecule has 0 aliphatic carbocycles. The second kappa shape index (κ2) is 9.39. The minimum absolute atomic E-state index is 0.0139. The van der Waals surface area contributed by atoms with Crippen molar-refractivity contribution in [3.63, 3.8) is 0 Å². The average molecular weight is 439 g/mol. The number of carbonyl (C=O) groups excluding carboxylic acids is 1. The van der Waals surface area contributed by atoms with E-state index in [0.717, 1.165) is 16.7 Å². The Morgan fingerprint density at radius 3 is 2.31 bits per heavy atom. The zero-order valence-electron chi connectivity index (χ0n) is 19.2. The highest BCUT2D eigenvalue weighted by molar-refractivity contribution is 6.07. The third-order valence-electron chi connectivity index (χ3n) is 5.56. The lowest BCUT2D eigenvalue weighted by Crippen LogP contribution is -2.26. The molecule has 1 aliphatic rings. The minimum Gasteiger partial charge on any atom is -0.508 e. The topological polar surface area (TPSA) is 96.2 Å². The molecular weight excluding hydrogens is 408 g/mol. The number of carbonyl (C=O) groups is 1. The van der Waals surface area contributed by atoms with Gasteiger partial charge < -0.3 is 24.8 Å². The fourth-order valence-corrected chi connectivity index (χ4v) is 3.76. The standard InChI is InChI=1S/C26H30O6/c1-14(2)6-8-16-10-18(21(28)11-22(16)31-5)19-13-32-23-12-20(27)17(9-7-15(3)4)25(29)24(23)26(19)30/h6-7,10-12,19,27-29H,8-9,13H2,1-5H3. The number of hydrogen-bond donors (Lipinski definition) is 3. The molecule has 32 heavy (non-hydrogen) atoms. The van der Waals surface area contributed by atoms with Gasteiger partial charge in [0.1, 0.15) is 40.9 Å². The van der Waals surface area contributed by atoms with Crippen molar-refractivity contribution < 1.29 is 29.6 Å². The number of benzene rings is 2. The van der Waals surface area contributed by atoms with Crippen LogP contribution in [0.1, 0.15) is 60.7 Å². The molecule has 1 atom stereocenters. The molecule has 3 N–H and O–H groups in total. The van der Waals surface area contributed by atoms with Crippen molar-refractivity contribution in [3.8, 4) is 28.7 Å². The number of allylic oxidation sites excluding steroid dienone is 4. The smallest absolute Gasteiger partial charge is 0.181 e. The first-order valence-electron chi connectivity index (χ1n) is 10.5. The monoisotopic (exact) mass is 438 g/mol. The summed E-state index contributed by atoms with van der Waals surface area (Å²) in [4.78, 5) is 13.4. The molecule has 0 spiro atoms. The molecular formula is C26H30O6. The summed E-state index contributed by atoms with van der Waals surface area (Å²) in [7, 11) is 1.53. The van der Waals surface area contributed by atoms with Gasteiger partial charge in [-0.3, -0.25) is 4.79 Å². The van der Waals surface area contributed by atoms with E-state index in [9.17, 15) is 20.1 Å². The zero-order chi connectivity index (χ0) is 23.6. The van der Waals surface area contributed by atoms with Crippen molar-refractivity contribution in [2.45, 2.75) is 46.5 Å². The van der Waals surface area contributed by atoms with Gasteiger partial charge in [0.2, 0.25) is 0 Å². The molecule has 0 bridgehead atoms. The average Bonchev–Trinajstić information content (AvgIpc) is 2.72. The van der Waals surface area contributed by atoms with Crippen molar-refractivity contribution in [1.82, 2.24) is 0 Å². The maximum atomic E-state index is 13.4. The predicted octanol–water partition coefficient (Wildman–Crippen LogP) is 5.19. The van der Waals surface area contributed by atoms with Crippen LogP contribution in [-0.2, 0) is 12.8 Å². The number of phenolic OH excluding ortho intramolecular Hbond substituents is 3. The summed E-state index contributed by atoms with van der Waals surface area (Å²) in [5, 5.41) is 31.8. The van der Waals surface area contributed by atoms with Gasteiger partial charge in [-0.1, -0.05) is 23.3 Å². The van der Waals surface area contributed by atoms with Gasteiger partial charge in [-0.25, -0.2) is 0 Å². The summed E-state index contributed by atoms with van der Waals surface area (Å²) >= 11 is 0. The Morgan fingerprint density at radius 2 is 1.69 bits per heavy atom. The molecule has 1 aliphatic heterocycles. The minimum atomic E-state index is -0.800. The third kappa shape index (κ3) is 4.59. The normalized spacial score (nSPS) is 14.9. The Kier molecular flexibility index (Phi) is 6.82. The highest BCUT2D eigenvalue weighted by atomic mass is 16.5. The molecule has 6 heteroatoms. The Balaban J connectivity index is 2.06. The van der Waals surface area contributed by atoms with Crippen molar-refractivity contribution in [1.29, 1.82) is 0 Å². The molecule has 3 rings (SSSR count). The molecule has 0 saturated heterocycles. The number of phenols is 3. The van der Waals surface area contributed by atoms with Crippen molar-refractivity contribution in [3.05, 3.63) is 63.8 Å². The Morgan fingerprint density at radius 1 is 1.03 bits per heavy atom. The quantitative estimate of drug-likeness (QED) is 0.537. The number of rotatable bonds is 6. The largest absolute Gasteiger partial charge is 0.508 e. The fourth-order valence-electron chi connectivity index (χ4n) is 3.76. The summed E-state index contributed by atoms with van der Waals surface area (Å²) in [6.07, 6.45) is 4.77. The molecule has 0 radical (unpaired) electrons. The first-order chi connectivity index (χ1) is 15.1. The number of ether oxygens (including phenoxy) is 2. The van der Waals surface area contributed by atoms with E-state index in [1.165, 1.54) is 19.2 Å². The summed E-state index contributed by atoms with van der Waals surface area (Å²) in [6, 6.07) is 4.63. The van der Waals surface area contributed by atoms with Crippen LogP contribution in [0.4, 0.5) is 0 Å². The summed E-state index contributed by atoms with van der Waals surface area (Å²) in [5.41, 5.74) is 3.70. The molecule has 1 unspecified atom stereocenters. The molecule has 0 aromatic heterocycles. The molecule has 2 aromatic rings. The van der Waals surface area contributed by atoms with Gasteiger partial charge in [0.15, 0.2) is 5.78 Å². The maximum absolute atomic E-state index is 13.4. The summed E-state index contributed by atoms with van der Waals surface area (Å²) < 4.78 is 11.1. The highest BCUT2D eigenvalue weighted by Crippen LogP contribution is 2.45. The number of fused-ring (bicyclic) bond motifs is 1. The second-order valence-electron chi connectivity index (χ2n) is 8.52. The Labute approximate surface area is 188 Å². The number of hydrogen-bond acceptors (Lipinski definition) is 6. The van der Waals surface area contributed by atoms with Crippen LogP contribution in [-0.4, -0.2) is 34.8 Å². The van der Waals surface area contributed by atoms with E-state index in [4.69, 9.17) is 9.47 Å². The number of ketones is 1. The van der Waals surface area contributed by atoms with Crippen LogP contribution in [0.2, 0.25) is 0 Å². The van der Waals surface area contributed by atoms with E-state index in [1.807, 2.05) is 39.8 Å². The van der Waals surface area contributed by atoms with Gasteiger partial charge >= 0.3 is 0 Å². The Bertz CT molecular complexity index is 1100. The van der Waals surface area contributed by atoms with Crippen molar-refractivity contribution in [2.24, 2.45) is 0 Å². The molecule has 0 fully saturated rings. The molecule has 6 nitrogen and oxygen atoms in total. The van der Waals surface area contributed by atoms with Gasteiger partial charge in [0.25, 0.3) is 0 Å². The maximum Gasteiger partial charge on any atom is 0.181 e. The van der Waals surface area contributed by atoms with Crippen molar-refractivity contribution >= 4 is 5.78 Å². The van der Waals surface area contributed by atoms with E-state index >= 15 is 0 Å². The molecule has 1 heterocycles. The molecule has 0 saturated carbocycles. The fraction of sp³-hybridized carbons (Fsp3) is 0.346. The van der Waals surface area contributed by atoms with Crippen LogP contribution < -0.4 is 9.47 Å². The summed E-state index contributed by atoms with van der Waals surface area (Å²) in [6.45, 7) is 7.80. The summed E-state index contributed by atoms with van der Waals surface area (Å²) in [5.74, 6) is -0.978. The second-order valence-corrected chi connectivity index (χ2v) is 8.52. The van der Waals surface area contributed by atoms with Gasteiger partial charge in [0, 0.05) is 23.3 Å². The van der Waals surface area contributed by atoms with E-state index < -0.39 is 5.92 Å². The lowest BCUT2D eigenvalue weighted by Gasteiger charge is -2.27. The van der Waals surface area contributed by atoms with Gasteiger partial charge in [-0.15, -0.1) is 0 Å². The van der Waals surface area contributed by atoms with Crippen LogP contribution >= 0.6 is 0 Å². The van der Waals surface area contributed by atoms with Crippen molar-refractivity contribution in [2.75, 3.05) is 13.7 Å². The van der Waals surface area contributed by atoms with E-state index in [1.54, 1.807) is 6.07 Å². The van der Waals surface area contributed by atoms with Crippen LogP contribution in [0.25, 0.3) is 0 Å². The number of Topliss-reactive ketones (excluding diaryl/α,β-unsaturated/α-hetero) is 1. The SMILES string of the molecule is COc1cc(O)c(C2COc3cc(O)c(CC=C(C)C)c(O)c3C2=O)cc1CC=C(C)C. The molecule has 170 valence electrons. The molecule has 0 amide bonds. The zero-order valence-corrected chi connectivity index (χ0v) is 19.2. The first-order valence-corrected chi connectivity index (χ1v) is 10.5. The van der Waals surface area contributed by atoms with Crippen LogP contribution in [0.3, 0.4) is 0 Å². The van der Waals surface area contributed by atoms with Crippen LogP contribution in [0.15, 0.2) is 41.5 Å². The third-order valence-corrected chi connectivity index (χ3v) is 5.56. The number of aromatic hydroxyl groups is 3. The van der Waals surface area contributed by atoms with Crippen LogP contribution in [0.5, 0.6) is 28.7 Å². The lowest BCUT2D eigenvalue weighted by molar-refractivity contribution is 0.0889. The van der Waals surface area contributed by atoms with E-state index in [-0.39, 0.29) is 52.9 Å². The van der Waals surface area contributed by atoms with Crippen LogP contribution in [0, 0.1) is 0 Å². The predicted molar refractivity (Wildman–Crippen MR) is 123 cm³/mol.